The number of benzene rings is 1. The minimum atomic E-state index is -0.558. The zero-order chi connectivity index (χ0) is 17.1. The third-order valence-electron chi connectivity index (χ3n) is 3.41. The Morgan fingerprint density at radius 1 is 1.38 bits per heavy atom. The van der Waals surface area contributed by atoms with Gasteiger partial charge in [0, 0.05) is 11.9 Å². The van der Waals surface area contributed by atoms with E-state index in [-0.39, 0.29) is 22.8 Å². The summed E-state index contributed by atoms with van der Waals surface area (Å²) < 4.78 is 20.0. The maximum atomic E-state index is 13.3. The highest BCUT2D eigenvalue weighted by Gasteiger charge is 2.19. The van der Waals surface area contributed by atoms with Gasteiger partial charge in [-0.25, -0.2) is 4.39 Å². The third kappa shape index (κ3) is 3.03. The molecule has 5 nitrogen and oxygen atoms in total. The van der Waals surface area contributed by atoms with Crippen molar-refractivity contribution in [2.24, 2.45) is 0 Å². The second-order valence-corrected chi connectivity index (χ2v) is 5.33. The van der Waals surface area contributed by atoms with Gasteiger partial charge < -0.3 is 14.3 Å². The van der Waals surface area contributed by atoms with E-state index >= 15 is 0 Å². The molecule has 0 atom stereocenters. The summed E-state index contributed by atoms with van der Waals surface area (Å²) in [6.07, 6.45) is 3.06. The molecule has 0 fully saturated rings. The van der Waals surface area contributed by atoms with Crippen molar-refractivity contribution in [2.75, 3.05) is 0 Å². The van der Waals surface area contributed by atoms with Gasteiger partial charge in [0.15, 0.2) is 0 Å². The van der Waals surface area contributed by atoms with Gasteiger partial charge >= 0.3 is 0 Å². The Kier molecular flexibility index (Phi) is 4.36. The molecule has 0 spiro atoms. The molecule has 1 N–H and O–H groups in total. The molecule has 0 aliphatic carbocycles. The lowest BCUT2D eigenvalue weighted by atomic mass is 10.2. The molecule has 0 radical (unpaired) electrons. The largest absolute Gasteiger partial charge is 0.467 e. The number of aromatic nitrogens is 1. The van der Waals surface area contributed by atoms with Crippen molar-refractivity contribution in [2.45, 2.75) is 6.54 Å². The van der Waals surface area contributed by atoms with E-state index in [4.69, 9.17) is 16.0 Å². The first-order chi connectivity index (χ1) is 11.6. The van der Waals surface area contributed by atoms with E-state index in [0.717, 1.165) is 0 Å². The molecule has 0 aliphatic rings. The summed E-state index contributed by atoms with van der Waals surface area (Å²) in [5, 5.41) is 11.8. The lowest BCUT2D eigenvalue weighted by Gasteiger charge is -2.10. The first-order valence-corrected chi connectivity index (χ1v) is 7.35. The Hall–Kier alpha value is -3.04. The Bertz CT molecular complexity index is 926. The van der Waals surface area contributed by atoms with Crippen LogP contribution in [0.3, 0.4) is 0 Å². The number of amides is 1. The van der Waals surface area contributed by atoms with Gasteiger partial charge in [0.05, 0.1) is 23.4 Å². The van der Waals surface area contributed by atoms with Crippen LogP contribution in [0.5, 0.6) is 0 Å². The van der Waals surface area contributed by atoms with E-state index in [1.54, 1.807) is 18.3 Å². The van der Waals surface area contributed by atoms with Crippen LogP contribution in [0.2, 0.25) is 5.02 Å². The van der Waals surface area contributed by atoms with Crippen molar-refractivity contribution < 1.29 is 13.6 Å². The molecular weight excluding hydrogens is 333 g/mol. The number of carbonyl (C=O) groups is 1. The summed E-state index contributed by atoms with van der Waals surface area (Å²) in [5.74, 6) is -0.421. The van der Waals surface area contributed by atoms with E-state index in [1.165, 1.54) is 35.1 Å². The molecular formula is C17H11ClFN3O2. The number of nitriles is 1. The molecule has 0 aliphatic heterocycles. The average Bonchev–Trinajstić information content (AvgIpc) is 3.24. The highest BCUT2D eigenvalue weighted by Crippen LogP contribution is 2.22. The number of nitrogens with one attached hydrogen (secondary N) is 1. The lowest BCUT2D eigenvalue weighted by Crippen LogP contribution is -2.25. The van der Waals surface area contributed by atoms with Crippen molar-refractivity contribution >= 4 is 17.5 Å². The summed E-state index contributed by atoms with van der Waals surface area (Å²) >= 11 is 5.80. The minimum absolute atomic E-state index is 0.0679. The predicted octanol–water partition coefficient (Wildman–Crippen LogP) is 3.66. The monoisotopic (exact) mass is 343 g/mol. The van der Waals surface area contributed by atoms with E-state index in [0.29, 0.717) is 11.4 Å². The summed E-state index contributed by atoms with van der Waals surface area (Å²) in [5.41, 5.74) is 0.824. The average molecular weight is 344 g/mol. The number of hydrogen-bond donors (Lipinski definition) is 1. The molecule has 0 saturated carbocycles. The molecule has 3 rings (SSSR count). The van der Waals surface area contributed by atoms with Gasteiger partial charge in [0.1, 0.15) is 23.3 Å². The fraction of sp³-hybridized carbons (Fsp3) is 0.0588. The van der Waals surface area contributed by atoms with Crippen molar-refractivity contribution in [3.05, 3.63) is 76.7 Å². The van der Waals surface area contributed by atoms with Gasteiger partial charge in [-0.2, -0.15) is 5.26 Å². The van der Waals surface area contributed by atoms with Crippen LogP contribution in [0.4, 0.5) is 4.39 Å². The highest BCUT2D eigenvalue weighted by atomic mass is 35.5. The Balaban J connectivity index is 1.94. The Morgan fingerprint density at radius 2 is 2.21 bits per heavy atom. The van der Waals surface area contributed by atoms with Crippen LogP contribution >= 0.6 is 11.6 Å². The predicted molar refractivity (Wildman–Crippen MR) is 85.3 cm³/mol. The van der Waals surface area contributed by atoms with Crippen LogP contribution in [0.25, 0.3) is 5.69 Å². The van der Waals surface area contributed by atoms with Gasteiger partial charge in [0.25, 0.3) is 5.91 Å². The number of hydrogen-bond acceptors (Lipinski definition) is 3. The fourth-order valence-corrected chi connectivity index (χ4v) is 2.44. The Morgan fingerprint density at radius 3 is 2.88 bits per heavy atom. The SMILES string of the molecule is N#Cc1ccn(-c2ccc(F)c(Cl)c2)c1C(=O)NCc1ccco1. The highest BCUT2D eigenvalue weighted by molar-refractivity contribution is 6.30. The molecule has 1 aromatic carbocycles. The zero-order valence-corrected chi connectivity index (χ0v) is 13.0. The van der Waals surface area contributed by atoms with Crippen LogP contribution in [0.1, 0.15) is 21.8 Å². The minimum Gasteiger partial charge on any atom is -0.467 e. The molecule has 2 aromatic heterocycles. The topological polar surface area (TPSA) is 71.0 Å². The maximum absolute atomic E-state index is 13.3. The van der Waals surface area contributed by atoms with Crippen LogP contribution in [0.15, 0.2) is 53.3 Å². The van der Waals surface area contributed by atoms with Crippen LogP contribution in [-0.2, 0) is 6.54 Å². The standard InChI is InChI=1S/C17H11ClFN3O2/c18-14-8-12(3-4-15(14)19)22-6-5-11(9-20)16(22)17(23)21-10-13-2-1-7-24-13/h1-8H,10H2,(H,21,23). The van der Waals surface area contributed by atoms with Crippen LogP contribution < -0.4 is 5.32 Å². The van der Waals surface area contributed by atoms with E-state index in [2.05, 4.69) is 5.32 Å². The van der Waals surface area contributed by atoms with Crippen LogP contribution in [0, 0.1) is 17.1 Å². The molecule has 1 amide bonds. The van der Waals surface area contributed by atoms with Crippen molar-refractivity contribution in [3.8, 4) is 11.8 Å². The molecule has 24 heavy (non-hydrogen) atoms. The van der Waals surface area contributed by atoms with E-state index in [9.17, 15) is 14.4 Å². The Labute approximate surface area is 141 Å². The van der Waals surface area contributed by atoms with Gasteiger partial charge in [0.2, 0.25) is 0 Å². The molecule has 2 heterocycles. The summed E-state index contributed by atoms with van der Waals surface area (Å²) in [6.45, 7) is 0.187. The van der Waals surface area contributed by atoms with Gasteiger partial charge in [-0.05, 0) is 36.4 Å². The number of halogens is 2. The summed E-state index contributed by atoms with van der Waals surface area (Å²) in [6, 6.07) is 11.0. The lowest BCUT2D eigenvalue weighted by molar-refractivity contribution is 0.0941. The smallest absolute Gasteiger partial charge is 0.270 e. The second-order valence-electron chi connectivity index (χ2n) is 4.92. The normalized spacial score (nSPS) is 10.4. The van der Waals surface area contributed by atoms with Gasteiger partial charge in [-0.15, -0.1) is 0 Å². The fourth-order valence-electron chi connectivity index (χ4n) is 2.27. The number of carbonyl (C=O) groups excluding carboxylic acids is 1. The van der Waals surface area contributed by atoms with Gasteiger partial charge in [-0.3, -0.25) is 4.79 Å². The molecule has 7 heteroatoms. The molecule has 0 saturated heterocycles. The first-order valence-electron chi connectivity index (χ1n) is 6.97. The summed E-state index contributed by atoms with van der Waals surface area (Å²) in [7, 11) is 0. The van der Waals surface area contributed by atoms with Crippen molar-refractivity contribution in [3.63, 3.8) is 0 Å². The number of rotatable bonds is 4. The second kappa shape index (κ2) is 6.60. The molecule has 120 valence electrons. The first kappa shape index (κ1) is 15.8. The van der Waals surface area contributed by atoms with Crippen molar-refractivity contribution in [1.29, 1.82) is 5.26 Å². The van der Waals surface area contributed by atoms with Gasteiger partial charge in [-0.1, -0.05) is 11.6 Å². The molecule has 0 unspecified atom stereocenters. The number of nitrogens with zero attached hydrogens (tertiary/aromatic N) is 2. The third-order valence-corrected chi connectivity index (χ3v) is 3.70. The van der Waals surface area contributed by atoms with Crippen LogP contribution in [-0.4, -0.2) is 10.5 Å². The number of furan rings is 1. The zero-order valence-electron chi connectivity index (χ0n) is 12.3. The van der Waals surface area contributed by atoms with E-state index < -0.39 is 11.7 Å². The maximum Gasteiger partial charge on any atom is 0.270 e. The quantitative estimate of drug-likeness (QED) is 0.785. The summed E-state index contributed by atoms with van der Waals surface area (Å²) in [4.78, 5) is 12.5. The van der Waals surface area contributed by atoms with E-state index in [1.807, 2.05) is 6.07 Å². The molecule has 0 bridgehead atoms. The van der Waals surface area contributed by atoms with Crippen molar-refractivity contribution in [1.82, 2.24) is 9.88 Å². The molecule has 3 aromatic rings.